The summed E-state index contributed by atoms with van der Waals surface area (Å²) in [4.78, 5) is 13.1. The molecule has 1 atom stereocenters. The average molecular weight is 332 g/mol. The molecule has 0 heterocycles. The molecule has 120 valence electrons. The van der Waals surface area contributed by atoms with Gasteiger partial charge in [-0.1, -0.05) is 32.0 Å². The van der Waals surface area contributed by atoms with Crippen molar-refractivity contribution >= 4 is 30.1 Å². The summed E-state index contributed by atoms with van der Waals surface area (Å²) < 4.78 is 5.14. The lowest BCUT2D eigenvalue weighted by atomic mass is 10.1. The number of rotatable bonds is 9. The third-order valence-electron chi connectivity index (χ3n) is 2.84. The number of carbonyl (C=O) groups excluding carboxylic acids is 1. The summed E-state index contributed by atoms with van der Waals surface area (Å²) in [5.41, 5.74) is 0. The van der Waals surface area contributed by atoms with Crippen LogP contribution >= 0.6 is 24.2 Å². The molecule has 0 aromatic heterocycles. The van der Waals surface area contributed by atoms with Crippen molar-refractivity contribution < 1.29 is 9.53 Å². The fourth-order valence-corrected chi connectivity index (χ4v) is 2.66. The molecule has 0 aliphatic heterocycles. The third-order valence-corrected chi connectivity index (χ3v) is 3.95. The predicted octanol–water partition coefficient (Wildman–Crippen LogP) is 3.77. The van der Waals surface area contributed by atoms with E-state index in [1.807, 2.05) is 25.1 Å². The molecular formula is C16H26ClNO2S. The molecule has 0 radical (unpaired) electrons. The van der Waals surface area contributed by atoms with Crippen molar-refractivity contribution in [3.05, 3.63) is 30.3 Å². The largest absolute Gasteiger partial charge is 0.465 e. The van der Waals surface area contributed by atoms with Gasteiger partial charge >= 0.3 is 5.97 Å². The van der Waals surface area contributed by atoms with Crippen molar-refractivity contribution in [3.63, 3.8) is 0 Å². The maximum absolute atomic E-state index is 11.9. The first-order valence-electron chi connectivity index (χ1n) is 7.21. The van der Waals surface area contributed by atoms with Gasteiger partial charge in [-0.3, -0.25) is 4.79 Å². The minimum Gasteiger partial charge on any atom is -0.465 e. The summed E-state index contributed by atoms with van der Waals surface area (Å²) in [5, 5.41) is 3.31. The van der Waals surface area contributed by atoms with Crippen LogP contribution in [0.2, 0.25) is 0 Å². The number of thioether (sulfide) groups is 1. The van der Waals surface area contributed by atoms with Crippen molar-refractivity contribution in [1.82, 2.24) is 5.32 Å². The molecule has 5 heteroatoms. The topological polar surface area (TPSA) is 38.3 Å². The lowest BCUT2D eigenvalue weighted by molar-refractivity contribution is -0.145. The molecule has 1 rings (SSSR count). The molecule has 0 saturated heterocycles. The minimum atomic E-state index is -0.237. The molecule has 21 heavy (non-hydrogen) atoms. The fourth-order valence-electron chi connectivity index (χ4n) is 1.70. The first kappa shape index (κ1) is 20.3. The molecule has 1 N–H and O–H groups in total. The molecule has 0 fully saturated rings. The van der Waals surface area contributed by atoms with Crippen molar-refractivity contribution in [2.24, 2.45) is 5.92 Å². The van der Waals surface area contributed by atoms with Crippen LogP contribution in [0.15, 0.2) is 35.2 Å². The van der Waals surface area contributed by atoms with Gasteiger partial charge in [0.15, 0.2) is 0 Å². The zero-order valence-corrected chi connectivity index (χ0v) is 14.6. The normalized spacial score (nSPS) is 11.8. The Kier molecular flexibility index (Phi) is 11.5. The Balaban J connectivity index is 0.00000400. The SMILES string of the molecule is CCOC(=O)C(CSc1ccccc1)NCCC(C)C.Cl. The van der Waals surface area contributed by atoms with Gasteiger partial charge < -0.3 is 10.1 Å². The van der Waals surface area contributed by atoms with Gasteiger partial charge in [-0.25, -0.2) is 0 Å². The van der Waals surface area contributed by atoms with Gasteiger partial charge in [-0.2, -0.15) is 0 Å². The molecule has 3 nitrogen and oxygen atoms in total. The van der Waals surface area contributed by atoms with Crippen LogP contribution in [0.5, 0.6) is 0 Å². The average Bonchev–Trinajstić information content (AvgIpc) is 2.43. The molecule has 0 bridgehead atoms. The van der Waals surface area contributed by atoms with Crippen molar-refractivity contribution in [2.45, 2.75) is 38.1 Å². The van der Waals surface area contributed by atoms with Crippen LogP contribution in [-0.2, 0) is 9.53 Å². The Hall–Kier alpha value is -0.710. The van der Waals surface area contributed by atoms with E-state index in [4.69, 9.17) is 4.74 Å². The zero-order chi connectivity index (χ0) is 14.8. The van der Waals surface area contributed by atoms with Gasteiger partial charge in [0.05, 0.1) is 6.61 Å². The lowest BCUT2D eigenvalue weighted by Gasteiger charge is -2.17. The van der Waals surface area contributed by atoms with E-state index < -0.39 is 0 Å². The molecule has 0 spiro atoms. The monoisotopic (exact) mass is 331 g/mol. The summed E-state index contributed by atoms with van der Waals surface area (Å²) >= 11 is 1.68. The summed E-state index contributed by atoms with van der Waals surface area (Å²) in [6.45, 7) is 7.47. The fraction of sp³-hybridized carbons (Fsp3) is 0.562. The first-order valence-corrected chi connectivity index (χ1v) is 8.20. The second kappa shape index (κ2) is 11.9. The van der Waals surface area contributed by atoms with Crippen LogP contribution < -0.4 is 5.32 Å². The molecule has 0 amide bonds. The molecule has 0 saturated carbocycles. The first-order chi connectivity index (χ1) is 9.63. The Morgan fingerprint density at radius 2 is 1.95 bits per heavy atom. The third kappa shape index (κ3) is 9.02. The summed E-state index contributed by atoms with van der Waals surface area (Å²) in [5.74, 6) is 1.17. The Morgan fingerprint density at radius 3 is 2.52 bits per heavy atom. The van der Waals surface area contributed by atoms with Crippen LogP contribution in [0.3, 0.4) is 0 Å². The smallest absolute Gasteiger partial charge is 0.323 e. The number of esters is 1. The van der Waals surface area contributed by atoms with Crippen LogP contribution in [0.25, 0.3) is 0 Å². The van der Waals surface area contributed by atoms with E-state index in [-0.39, 0.29) is 24.4 Å². The van der Waals surface area contributed by atoms with Gasteiger partial charge in [0, 0.05) is 10.6 Å². The quantitative estimate of drug-likeness (QED) is 0.552. The molecule has 0 aliphatic carbocycles. The van der Waals surface area contributed by atoms with Gasteiger partial charge in [0.25, 0.3) is 0 Å². The maximum Gasteiger partial charge on any atom is 0.323 e. The highest BCUT2D eigenvalue weighted by Gasteiger charge is 2.19. The van der Waals surface area contributed by atoms with Gasteiger partial charge in [0.1, 0.15) is 6.04 Å². The van der Waals surface area contributed by atoms with Gasteiger partial charge in [-0.15, -0.1) is 24.2 Å². The van der Waals surface area contributed by atoms with E-state index in [2.05, 4.69) is 31.3 Å². The van der Waals surface area contributed by atoms with Crippen LogP contribution in [0, 0.1) is 5.92 Å². The maximum atomic E-state index is 11.9. The number of hydrogen-bond donors (Lipinski definition) is 1. The highest BCUT2D eigenvalue weighted by Crippen LogP contribution is 2.18. The molecular weight excluding hydrogens is 306 g/mol. The van der Waals surface area contributed by atoms with Gasteiger partial charge in [-0.05, 0) is 37.9 Å². The van der Waals surface area contributed by atoms with Crippen LogP contribution in [0.1, 0.15) is 27.2 Å². The number of hydrogen-bond acceptors (Lipinski definition) is 4. The number of ether oxygens (including phenoxy) is 1. The van der Waals surface area contributed by atoms with Crippen LogP contribution in [0.4, 0.5) is 0 Å². The highest BCUT2D eigenvalue weighted by molar-refractivity contribution is 7.99. The van der Waals surface area contributed by atoms with Gasteiger partial charge in [0.2, 0.25) is 0 Å². The van der Waals surface area contributed by atoms with E-state index in [9.17, 15) is 4.79 Å². The Morgan fingerprint density at radius 1 is 1.29 bits per heavy atom. The van der Waals surface area contributed by atoms with E-state index in [0.29, 0.717) is 18.3 Å². The number of benzene rings is 1. The van der Waals surface area contributed by atoms with Crippen molar-refractivity contribution in [2.75, 3.05) is 18.9 Å². The second-order valence-electron chi connectivity index (χ2n) is 5.07. The molecule has 0 aliphatic rings. The number of carbonyl (C=O) groups is 1. The van der Waals surface area contributed by atoms with Crippen LogP contribution in [-0.4, -0.2) is 30.9 Å². The van der Waals surface area contributed by atoms with E-state index in [1.165, 1.54) is 4.90 Å². The Labute approximate surface area is 138 Å². The van der Waals surface area contributed by atoms with Crippen molar-refractivity contribution in [1.29, 1.82) is 0 Å². The van der Waals surface area contributed by atoms with E-state index >= 15 is 0 Å². The molecule has 1 aromatic rings. The van der Waals surface area contributed by atoms with E-state index in [0.717, 1.165) is 13.0 Å². The molecule has 1 unspecified atom stereocenters. The zero-order valence-electron chi connectivity index (χ0n) is 13.0. The Bertz CT molecular complexity index is 387. The number of halogens is 1. The lowest BCUT2D eigenvalue weighted by Crippen LogP contribution is -2.41. The standard InChI is InChI=1S/C16H25NO2S.ClH/c1-4-19-16(18)15(17-11-10-13(2)3)12-20-14-8-6-5-7-9-14;/h5-9,13,15,17H,4,10-12H2,1-3H3;1H. The predicted molar refractivity (Wildman–Crippen MR) is 92.3 cm³/mol. The molecule has 1 aromatic carbocycles. The number of nitrogens with one attached hydrogen (secondary N) is 1. The van der Waals surface area contributed by atoms with E-state index in [1.54, 1.807) is 11.8 Å². The second-order valence-corrected chi connectivity index (χ2v) is 6.16. The highest BCUT2D eigenvalue weighted by atomic mass is 35.5. The van der Waals surface area contributed by atoms with Crippen molar-refractivity contribution in [3.8, 4) is 0 Å². The summed E-state index contributed by atoms with van der Waals surface area (Å²) in [6.07, 6.45) is 1.06. The summed E-state index contributed by atoms with van der Waals surface area (Å²) in [6, 6.07) is 9.89. The summed E-state index contributed by atoms with van der Waals surface area (Å²) in [7, 11) is 0. The minimum absolute atomic E-state index is 0.